The standard InChI is InChI=1S/C56H42N2/c1-56(2)51-20-12-11-19-48(51)49-34-32-46(36-52(49)56)58(44-28-23-38(24-29-44)43-22-21-37-13-7-8-17-42(37)35-43)45-30-25-40(26-31-45)53-50-33-27-39-14-9-10-18-47(39)55(50)57(3)54(53)41-15-5-4-6-16-41/h4-36H,1-3H3. The summed E-state index contributed by atoms with van der Waals surface area (Å²) in [5, 5.41) is 6.28. The Morgan fingerprint density at radius 3 is 1.76 bits per heavy atom. The Balaban J connectivity index is 1.06. The topological polar surface area (TPSA) is 8.17 Å². The van der Waals surface area contributed by atoms with Crippen molar-refractivity contribution in [1.29, 1.82) is 0 Å². The molecule has 0 aliphatic heterocycles. The highest BCUT2D eigenvalue weighted by Gasteiger charge is 2.35. The first kappa shape index (κ1) is 34.1. The molecule has 1 aliphatic rings. The molecule has 0 unspecified atom stereocenters. The Morgan fingerprint density at radius 1 is 0.397 bits per heavy atom. The summed E-state index contributed by atoms with van der Waals surface area (Å²) >= 11 is 0. The van der Waals surface area contributed by atoms with Crippen LogP contribution in [0.5, 0.6) is 0 Å². The molecule has 11 rings (SSSR count). The van der Waals surface area contributed by atoms with Crippen molar-refractivity contribution in [3.05, 3.63) is 211 Å². The van der Waals surface area contributed by atoms with E-state index < -0.39 is 0 Å². The van der Waals surface area contributed by atoms with Crippen LogP contribution in [0.15, 0.2) is 200 Å². The molecule has 2 heteroatoms. The van der Waals surface area contributed by atoms with Crippen molar-refractivity contribution in [3.8, 4) is 44.6 Å². The van der Waals surface area contributed by atoms with E-state index in [9.17, 15) is 0 Å². The predicted octanol–water partition coefficient (Wildman–Crippen LogP) is 15.3. The summed E-state index contributed by atoms with van der Waals surface area (Å²) in [6.45, 7) is 4.72. The Morgan fingerprint density at radius 2 is 0.983 bits per heavy atom. The van der Waals surface area contributed by atoms with E-state index in [-0.39, 0.29) is 5.41 Å². The van der Waals surface area contributed by atoms with Crippen LogP contribution < -0.4 is 4.90 Å². The van der Waals surface area contributed by atoms with Crippen LogP contribution in [0.4, 0.5) is 17.1 Å². The van der Waals surface area contributed by atoms with Gasteiger partial charge in [0.15, 0.2) is 0 Å². The second kappa shape index (κ2) is 13.2. The molecular weight excluding hydrogens is 701 g/mol. The number of hydrogen-bond donors (Lipinski definition) is 0. The molecule has 9 aromatic carbocycles. The smallest absolute Gasteiger partial charge is 0.0568 e. The number of benzene rings is 9. The highest BCUT2D eigenvalue weighted by molar-refractivity contribution is 6.15. The average molecular weight is 743 g/mol. The van der Waals surface area contributed by atoms with Crippen molar-refractivity contribution in [2.24, 2.45) is 7.05 Å². The van der Waals surface area contributed by atoms with Crippen LogP contribution in [-0.2, 0) is 12.5 Å². The lowest BCUT2D eigenvalue weighted by Gasteiger charge is -2.28. The van der Waals surface area contributed by atoms with E-state index in [4.69, 9.17) is 0 Å². The van der Waals surface area contributed by atoms with Crippen LogP contribution in [0.25, 0.3) is 77.1 Å². The van der Waals surface area contributed by atoms with Gasteiger partial charge in [-0.15, -0.1) is 0 Å². The highest BCUT2D eigenvalue weighted by Crippen LogP contribution is 2.51. The predicted molar refractivity (Wildman–Crippen MR) is 246 cm³/mol. The Bertz CT molecular complexity index is 3190. The van der Waals surface area contributed by atoms with Gasteiger partial charge in [-0.1, -0.05) is 172 Å². The van der Waals surface area contributed by atoms with Crippen molar-refractivity contribution < 1.29 is 0 Å². The number of fused-ring (bicyclic) bond motifs is 7. The monoisotopic (exact) mass is 742 g/mol. The van der Waals surface area contributed by atoms with E-state index in [1.54, 1.807) is 0 Å². The minimum Gasteiger partial charge on any atom is -0.343 e. The van der Waals surface area contributed by atoms with Gasteiger partial charge in [-0.2, -0.15) is 0 Å². The second-order valence-electron chi connectivity index (χ2n) is 16.2. The van der Waals surface area contributed by atoms with Gasteiger partial charge < -0.3 is 9.47 Å². The zero-order chi connectivity index (χ0) is 39.0. The Hall–Kier alpha value is -7.16. The number of aryl methyl sites for hydroxylation is 1. The van der Waals surface area contributed by atoms with Crippen LogP contribution in [-0.4, -0.2) is 4.57 Å². The van der Waals surface area contributed by atoms with E-state index in [0.717, 1.165) is 17.1 Å². The van der Waals surface area contributed by atoms with E-state index >= 15 is 0 Å². The van der Waals surface area contributed by atoms with Gasteiger partial charge in [-0.05, 0) is 103 Å². The fourth-order valence-electron chi connectivity index (χ4n) is 9.68. The normalized spacial score (nSPS) is 12.9. The van der Waals surface area contributed by atoms with Gasteiger partial charge in [0.1, 0.15) is 0 Å². The minimum atomic E-state index is -0.107. The van der Waals surface area contributed by atoms with Crippen LogP contribution in [0.2, 0.25) is 0 Å². The maximum absolute atomic E-state index is 2.42. The molecule has 0 saturated carbocycles. The molecule has 1 aromatic heterocycles. The molecule has 2 nitrogen and oxygen atoms in total. The molecule has 1 heterocycles. The van der Waals surface area contributed by atoms with Crippen molar-refractivity contribution in [2.75, 3.05) is 4.90 Å². The van der Waals surface area contributed by atoms with Crippen LogP contribution in [0.3, 0.4) is 0 Å². The molecule has 0 amide bonds. The van der Waals surface area contributed by atoms with Gasteiger partial charge in [-0.25, -0.2) is 0 Å². The lowest BCUT2D eigenvalue weighted by Crippen LogP contribution is -2.16. The van der Waals surface area contributed by atoms with Crippen molar-refractivity contribution in [3.63, 3.8) is 0 Å². The van der Waals surface area contributed by atoms with Gasteiger partial charge in [0.2, 0.25) is 0 Å². The quantitative estimate of drug-likeness (QED) is 0.165. The molecule has 0 N–H and O–H groups in total. The van der Waals surface area contributed by atoms with Crippen LogP contribution in [0, 0.1) is 0 Å². The maximum Gasteiger partial charge on any atom is 0.0568 e. The number of anilines is 3. The summed E-state index contributed by atoms with van der Waals surface area (Å²) in [7, 11) is 2.21. The van der Waals surface area contributed by atoms with Gasteiger partial charge in [-0.3, -0.25) is 0 Å². The van der Waals surface area contributed by atoms with E-state index in [1.165, 1.54) is 88.2 Å². The third-order valence-corrected chi connectivity index (χ3v) is 12.6. The lowest BCUT2D eigenvalue weighted by molar-refractivity contribution is 0.660. The first-order chi connectivity index (χ1) is 28.4. The number of aromatic nitrogens is 1. The van der Waals surface area contributed by atoms with E-state index in [1.807, 2.05) is 0 Å². The summed E-state index contributed by atoms with van der Waals surface area (Å²) in [6, 6.07) is 73.7. The van der Waals surface area contributed by atoms with Gasteiger partial charge >= 0.3 is 0 Å². The molecule has 0 radical (unpaired) electrons. The lowest BCUT2D eigenvalue weighted by atomic mass is 9.82. The third kappa shape index (κ3) is 5.33. The molecule has 1 aliphatic carbocycles. The molecule has 0 spiro atoms. The molecule has 10 aromatic rings. The molecule has 58 heavy (non-hydrogen) atoms. The fourth-order valence-corrected chi connectivity index (χ4v) is 9.68. The van der Waals surface area contributed by atoms with E-state index in [0.29, 0.717) is 0 Å². The van der Waals surface area contributed by atoms with Crippen LogP contribution in [0.1, 0.15) is 25.0 Å². The van der Waals surface area contributed by atoms with E-state index in [2.05, 4.69) is 231 Å². The summed E-state index contributed by atoms with van der Waals surface area (Å²) < 4.78 is 2.39. The molecule has 0 saturated heterocycles. The SMILES string of the molecule is Cn1c(-c2ccccc2)c(-c2ccc(N(c3ccc(-c4ccc5ccccc5c4)cc3)c3ccc4c(c3)C(C)(C)c3ccccc3-4)cc2)c2ccc3ccccc3c21. The van der Waals surface area contributed by atoms with Crippen LogP contribution >= 0.6 is 0 Å². The molecule has 0 bridgehead atoms. The van der Waals surface area contributed by atoms with Crippen molar-refractivity contribution in [2.45, 2.75) is 19.3 Å². The maximum atomic E-state index is 2.42. The molecule has 0 atom stereocenters. The first-order valence-electron chi connectivity index (χ1n) is 20.2. The second-order valence-corrected chi connectivity index (χ2v) is 16.2. The summed E-state index contributed by atoms with van der Waals surface area (Å²) in [5.74, 6) is 0. The highest BCUT2D eigenvalue weighted by atomic mass is 15.1. The number of hydrogen-bond acceptors (Lipinski definition) is 1. The molecular formula is C56H42N2. The number of rotatable bonds is 6. The minimum absolute atomic E-state index is 0.107. The van der Waals surface area contributed by atoms with Gasteiger partial charge in [0.05, 0.1) is 11.2 Å². The first-order valence-corrected chi connectivity index (χ1v) is 20.2. The fraction of sp³-hybridized carbons (Fsp3) is 0.0714. The van der Waals surface area contributed by atoms with Gasteiger partial charge in [0.25, 0.3) is 0 Å². The van der Waals surface area contributed by atoms with Crippen molar-refractivity contribution >= 4 is 49.5 Å². The largest absolute Gasteiger partial charge is 0.343 e. The molecule has 0 fully saturated rings. The summed E-state index contributed by atoms with van der Waals surface area (Å²) in [6.07, 6.45) is 0. The number of nitrogens with zero attached hydrogens (tertiary/aromatic N) is 2. The van der Waals surface area contributed by atoms with Crippen molar-refractivity contribution in [1.82, 2.24) is 4.57 Å². The third-order valence-electron chi connectivity index (χ3n) is 12.6. The zero-order valence-electron chi connectivity index (χ0n) is 32.9. The summed E-state index contributed by atoms with van der Waals surface area (Å²) in [5.41, 5.74) is 17.2. The zero-order valence-corrected chi connectivity index (χ0v) is 32.9. The Labute approximate surface area is 339 Å². The average Bonchev–Trinajstić information content (AvgIpc) is 3.71. The molecule has 276 valence electrons. The van der Waals surface area contributed by atoms with Gasteiger partial charge in [0, 0.05) is 45.9 Å². The summed E-state index contributed by atoms with van der Waals surface area (Å²) in [4.78, 5) is 2.42. The Kier molecular flexibility index (Phi) is 7.78.